The number of rotatable bonds is 3. The van der Waals surface area contributed by atoms with Crippen LogP contribution < -0.4 is 9.84 Å². The number of para-hydroxylation sites is 2. The van der Waals surface area contributed by atoms with Crippen molar-refractivity contribution in [2.24, 2.45) is 0 Å². The SMILES string of the molecule is [O-]c1ccccc1OC1OC(CO)C(O)C1O. The van der Waals surface area contributed by atoms with Gasteiger partial charge in [-0.2, -0.15) is 0 Å². The summed E-state index contributed by atoms with van der Waals surface area (Å²) in [7, 11) is 0. The first-order valence-electron chi connectivity index (χ1n) is 5.18. The highest BCUT2D eigenvalue weighted by Gasteiger charge is 2.43. The van der Waals surface area contributed by atoms with E-state index in [0.717, 1.165) is 0 Å². The molecule has 1 saturated heterocycles. The lowest BCUT2D eigenvalue weighted by molar-refractivity contribution is -0.272. The van der Waals surface area contributed by atoms with E-state index >= 15 is 0 Å². The van der Waals surface area contributed by atoms with Crippen LogP contribution in [-0.2, 0) is 4.74 Å². The summed E-state index contributed by atoms with van der Waals surface area (Å²) in [6.45, 7) is -0.433. The van der Waals surface area contributed by atoms with Gasteiger partial charge in [0.1, 0.15) is 24.1 Å². The van der Waals surface area contributed by atoms with Crippen molar-refractivity contribution in [1.29, 1.82) is 0 Å². The minimum Gasteiger partial charge on any atom is -0.870 e. The summed E-state index contributed by atoms with van der Waals surface area (Å²) in [4.78, 5) is 0. The molecule has 0 amide bonds. The second kappa shape index (κ2) is 4.89. The van der Waals surface area contributed by atoms with E-state index in [1.165, 1.54) is 12.1 Å². The summed E-state index contributed by atoms with van der Waals surface area (Å²) in [5.41, 5.74) is 0. The first-order valence-corrected chi connectivity index (χ1v) is 5.18. The Bertz CT molecular complexity index is 382. The molecule has 1 aliphatic heterocycles. The standard InChI is InChI=1S/C11H14O6/c12-5-8-9(14)10(15)11(17-8)16-7-4-2-1-3-6(7)13/h1-4,8-15H,5H2/p-1. The van der Waals surface area contributed by atoms with Crippen LogP contribution >= 0.6 is 0 Å². The number of benzene rings is 1. The molecule has 1 fully saturated rings. The van der Waals surface area contributed by atoms with Crippen LogP contribution in [0.5, 0.6) is 11.5 Å². The van der Waals surface area contributed by atoms with Crippen molar-refractivity contribution in [2.75, 3.05) is 6.61 Å². The molecule has 1 heterocycles. The summed E-state index contributed by atoms with van der Waals surface area (Å²) in [5, 5.41) is 39.3. The average molecular weight is 241 g/mol. The Morgan fingerprint density at radius 2 is 1.94 bits per heavy atom. The molecule has 2 rings (SSSR count). The molecule has 3 N–H and O–H groups in total. The Hall–Kier alpha value is -1.34. The van der Waals surface area contributed by atoms with E-state index < -0.39 is 31.2 Å². The van der Waals surface area contributed by atoms with Gasteiger partial charge in [0.05, 0.1) is 6.61 Å². The number of aliphatic hydroxyl groups excluding tert-OH is 3. The predicted octanol–water partition coefficient (Wildman–Crippen LogP) is -1.42. The molecule has 1 aliphatic rings. The van der Waals surface area contributed by atoms with Crippen molar-refractivity contribution in [1.82, 2.24) is 0 Å². The second-order valence-electron chi connectivity index (χ2n) is 3.77. The maximum atomic E-state index is 11.4. The maximum Gasteiger partial charge on any atom is 0.229 e. The topological polar surface area (TPSA) is 102 Å². The van der Waals surface area contributed by atoms with E-state index in [4.69, 9.17) is 14.6 Å². The highest BCUT2D eigenvalue weighted by atomic mass is 16.7. The molecule has 6 heteroatoms. The van der Waals surface area contributed by atoms with Crippen LogP contribution in [0.15, 0.2) is 24.3 Å². The molecule has 0 radical (unpaired) electrons. The van der Waals surface area contributed by atoms with Crippen LogP contribution in [-0.4, -0.2) is 46.5 Å². The molecule has 0 aliphatic carbocycles. The summed E-state index contributed by atoms with van der Waals surface area (Å²) < 4.78 is 10.2. The van der Waals surface area contributed by atoms with Gasteiger partial charge in [-0.05, 0) is 6.07 Å². The second-order valence-corrected chi connectivity index (χ2v) is 3.77. The lowest BCUT2D eigenvalue weighted by atomic mass is 10.1. The molecule has 0 spiro atoms. The summed E-state index contributed by atoms with van der Waals surface area (Å²) in [5.74, 6) is -0.312. The molecule has 94 valence electrons. The molecule has 0 aromatic heterocycles. The monoisotopic (exact) mass is 241 g/mol. The van der Waals surface area contributed by atoms with Gasteiger partial charge in [-0.15, -0.1) is 0 Å². The fourth-order valence-corrected chi connectivity index (χ4v) is 1.64. The first kappa shape index (κ1) is 12.1. The van der Waals surface area contributed by atoms with Gasteiger partial charge in [0, 0.05) is 0 Å². The minimum absolute atomic E-state index is 0.0299. The Morgan fingerprint density at radius 1 is 1.24 bits per heavy atom. The van der Waals surface area contributed by atoms with Gasteiger partial charge in [-0.1, -0.05) is 23.9 Å². The highest BCUT2D eigenvalue weighted by molar-refractivity contribution is 5.37. The van der Waals surface area contributed by atoms with Gasteiger partial charge in [-0.25, -0.2) is 0 Å². The summed E-state index contributed by atoms with van der Waals surface area (Å²) in [6, 6.07) is 5.93. The third-order valence-corrected chi connectivity index (χ3v) is 2.59. The molecule has 17 heavy (non-hydrogen) atoms. The van der Waals surface area contributed by atoms with Gasteiger partial charge in [0.15, 0.2) is 0 Å². The molecule has 0 saturated carbocycles. The van der Waals surface area contributed by atoms with Crippen LogP contribution in [0.1, 0.15) is 0 Å². The van der Waals surface area contributed by atoms with Crippen LogP contribution in [0.2, 0.25) is 0 Å². The van der Waals surface area contributed by atoms with Crippen molar-refractivity contribution in [2.45, 2.75) is 24.6 Å². The molecular formula is C11H13O6-. The van der Waals surface area contributed by atoms with E-state index in [9.17, 15) is 15.3 Å². The van der Waals surface area contributed by atoms with Crippen LogP contribution in [0.4, 0.5) is 0 Å². The molecule has 1 aromatic carbocycles. The quantitative estimate of drug-likeness (QED) is 0.600. The van der Waals surface area contributed by atoms with E-state index in [1.807, 2.05) is 0 Å². The van der Waals surface area contributed by atoms with Crippen molar-refractivity contribution in [3.63, 3.8) is 0 Å². The Balaban J connectivity index is 2.08. The zero-order valence-electron chi connectivity index (χ0n) is 8.89. The third kappa shape index (κ3) is 2.34. The fraction of sp³-hybridized carbons (Fsp3) is 0.455. The third-order valence-electron chi connectivity index (χ3n) is 2.59. The van der Waals surface area contributed by atoms with E-state index in [-0.39, 0.29) is 11.5 Å². The summed E-state index contributed by atoms with van der Waals surface area (Å²) in [6.07, 6.45) is -4.60. The van der Waals surface area contributed by atoms with Gasteiger partial charge in [0.25, 0.3) is 0 Å². The number of hydrogen-bond acceptors (Lipinski definition) is 6. The lowest BCUT2D eigenvalue weighted by Gasteiger charge is -2.20. The van der Waals surface area contributed by atoms with E-state index in [2.05, 4.69) is 0 Å². The van der Waals surface area contributed by atoms with E-state index in [0.29, 0.717) is 0 Å². The van der Waals surface area contributed by atoms with Crippen molar-refractivity contribution in [3.05, 3.63) is 24.3 Å². The van der Waals surface area contributed by atoms with Crippen molar-refractivity contribution in [3.8, 4) is 11.5 Å². The van der Waals surface area contributed by atoms with Gasteiger partial charge >= 0.3 is 0 Å². The highest BCUT2D eigenvalue weighted by Crippen LogP contribution is 2.28. The number of hydrogen-bond donors (Lipinski definition) is 3. The smallest absolute Gasteiger partial charge is 0.229 e. The zero-order chi connectivity index (χ0) is 12.4. The number of ether oxygens (including phenoxy) is 2. The van der Waals surface area contributed by atoms with Crippen LogP contribution in [0, 0.1) is 0 Å². The predicted molar refractivity (Wildman–Crippen MR) is 54.3 cm³/mol. The molecule has 4 unspecified atom stereocenters. The maximum absolute atomic E-state index is 11.4. The molecule has 0 bridgehead atoms. The zero-order valence-corrected chi connectivity index (χ0v) is 8.89. The molecular weight excluding hydrogens is 228 g/mol. The van der Waals surface area contributed by atoms with E-state index in [1.54, 1.807) is 12.1 Å². The Morgan fingerprint density at radius 3 is 2.53 bits per heavy atom. The fourth-order valence-electron chi connectivity index (χ4n) is 1.64. The minimum atomic E-state index is -1.30. The Kier molecular flexibility index (Phi) is 3.49. The van der Waals surface area contributed by atoms with Crippen molar-refractivity contribution < 1.29 is 29.9 Å². The largest absolute Gasteiger partial charge is 0.870 e. The van der Waals surface area contributed by atoms with Gasteiger partial charge < -0.3 is 29.9 Å². The van der Waals surface area contributed by atoms with Crippen LogP contribution in [0.3, 0.4) is 0 Å². The lowest BCUT2D eigenvalue weighted by Crippen LogP contribution is -2.35. The summed E-state index contributed by atoms with van der Waals surface area (Å²) >= 11 is 0. The van der Waals surface area contributed by atoms with Gasteiger partial charge in [0.2, 0.25) is 6.29 Å². The molecule has 6 nitrogen and oxygen atoms in total. The number of aliphatic hydroxyl groups is 3. The Labute approximate surface area is 97.7 Å². The van der Waals surface area contributed by atoms with Gasteiger partial charge in [-0.3, -0.25) is 0 Å². The normalized spacial score (nSPS) is 32.6. The average Bonchev–Trinajstić information content (AvgIpc) is 2.60. The molecule has 4 atom stereocenters. The molecule has 1 aromatic rings. The van der Waals surface area contributed by atoms with Crippen molar-refractivity contribution >= 4 is 0 Å². The first-order chi connectivity index (χ1) is 8.13. The van der Waals surface area contributed by atoms with Crippen LogP contribution in [0.25, 0.3) is 0 Å².